The third-order valence-electron chi connectivity index (χ3n) is 6.40. The summed E-state index contributed by atoms with van der Waals surface area (Å²) in [5.41, 5.74) is 0.341. The zero-order valence-electron chi connectivity index (χ0n) is 19.2. The fourth-order valence-electron chi connectivity index (χ4n) is 4.59. The van der Waals surface area contributed by atoms with Gasteiger partial charge in [-0.15, -0.1) is 11.3 Å². The normalized spacial score (nSPS) is 21.8. The Morgan fingerprint density at radius 3 is 2.76 bits per heavy atom. The first kappa shape index (κ1) is 24.2. The Morgan fingerprint density at radius 1 is 1.24 bits per heavy atom. The zero-order chi connectivity index (χ0) is 23.4. The number of methoxy groups -OCH3 is 1. The molecule has 1 aromatic heterocycles. The van der Waals surface area contributed by atoms with Gasteiger partial charge in [-0.2, -0.15) is 4.31 Å². The van der Waals surface area contributed by atoms with E-state index in [1.807, 2.05) is 24.4 Å². The maximum Gasteiger partial charge on any atom is 0.254 e. The van der Waals surface area contributed by atoms with Crippen LogP contribution in [0.4, 0.5) is 0 Å². The highest BCUT2D eigenvalue weighted by atomic mass is 32.2. The molecule has 0 aliphatic carbocycles. The molecule has 0 saturated carbocycles. The van der Waals surface area contributed by atoms with Crippen molar-refractivity contribution >= 4 is 27.3 Å². The fourth-order valence-corrected chi connectivity index (χ4v) is 7.20. The summed E-state index contributed by atoms with van der Waals surface area (Å²) in [6, 6.07) is 8.60. The number of piperidine rings is 1. The number of benzene rings is 1. The summed E-state index contributed by atoms with van der Waals surface area (Å²) in [6.07, 6.45) is 4.60. The highest BCUT2D eigenvalue weighted by Crippen LogP contribution is 2.32. The Labute approximate surface area is 200 Å². The summed E-state index contributed by atoms with van der Waals surface area (Å²) in [4.78, 5) is 16.5. The van der Waals surface area contributed by atoms with E-state index >= 15 is 0 Å². The van der Waals surface area contributed by atoms with Crippen LogP contribution in [0.25, 0.3) is 0 Å². The van der Waals surface area contributed by atoms with Gasteiger partial charge in [0.25, 0.3) is 5.91 Å². The second kappa shape index (κ2) is 10.5. The molecule has 0 bridgehead atoms. The maximum atomic E-state index is 13.6. The summed E-state index contributed by atoms with van der Waals surface area (Å²) >= 11 is 1.60. The van der Waals surface area contributed by atoms with Gasteiger partial charge in [0.15, 0.2) is 0 Å². The number of ether oxygens (including phenoxy) is 2. The van der Waals surface area contributed by atoms with Crippen LogP contribution in [-0.4, -0.2) is 62.5 Å². The molecule has 1 amide bonds. The smallest absolute Gasteiger partial charge is 0.254 e. The SMILES string of the molecule is COc1ccc(C(=O)N(Cc2cccs2)CC2CCCO2)cc1S(=O)(=O)N1CCCCC1C. The molecular formula is C24H32N2O5S2. The van der Waals surface area contributed by atoms with Crippen LogP contribution in [0.2, 0.25) is 0 Å². The molecule has 2 atom stereocenters. The van der Waals surface area contributed by atoms with Crippen molar-refractivity contribution in [2.45, 2.75) is 62.6 Å². The van der Waals surface area contributed by atoms with Gasteiger partial charge in [0, 0.05) is 36.2 Å². The van der Waals surface area contributed by atoms with Crippen molar-refractivity contribution in [2.24, 2.45) is 0 Å². The average molecular weight is 493 g/mol. The molecule has 2 aromatic rings. The molecule has 2 aliphatic heterocycles. The van der Waals surface area contributed by atoms with Crippen LogP contribution in [0.5, 0.6) is 5.75 Å². The second-order valence-corrected chi connectivity index (χ2v) is 11.6. The van der Waals surface area contributed by atoms with Gasteiger partial charge in [-0.05, 0) is 62.3 Å². The lowest BCUT2D eigenvalue weighted by molar-refractivity contribution is 0.0509. The van der Waals surface area contributed by atoms with E-state index in [4.69, 9.17) is 9.47 Å². The molecule has 1 aromatic carbocycles. The highest BCUT2D eigenvalue weighted by molar-refractivity contribution is 7.89. The predicted octanol–water partition coefficient (Wildman–Crippen LogP) is 4.14. The Bertz CT molecular complexity index is 1050. The molecular weight excluding hydrogens is 460 g/mol. The van der Waals surface area contributed by atoms with Crippen LogP contribution in [0.15, 0.2) is 40.6 Å². The molecule has 2 unspecified atom stereocenters. The number of hydrogen-bond acceptors (Lipinski definition) is 6. The molecule has 33 heavy (non-hydrogen) atoms. The lowest BCUT2D eigenvalue weighted by atomic mass is 10.1. The average Bonchev–Trinajstić information content (AvgIpc) is 3.52. The monoisotopic (exact) mass is 492 g/mol. The third kappa shape index (κ3) is 5.42. The van der Waals surface area contributed by atoms with E-state index in [0.29, 0.717) is 31.8 Å². The standard InChI is InChI=1S/C24H32N2O5S2/c1-18-7-3-4-12-26(18)33(28,29)23-15-19(10-11-22(23)30-2)24(27)25(16-20-8-5-13-31-20)17-21-9-6-14-32-21/h6,9-11,14-15,18,20H,3-5,7-8,12-13,16-17H2,1-2H3. The van der Waals surface area contributed by atoms with Crippen molar-refractivity contribution in [3.63, 3.8) is 0 Å². The van der Waals surface area contributed by atoms with Gasteiger partial charge in [0.2, 0.25) is 10.0 Å². The molecule has 0 N–H and O–H groups in total. The van der Waals surface area contributed by atoms with Crippen LogP contribution < -0.4 is 4.74 Å². The van der Waals surface area contributed by atoms with E-state index in [1.165, 1.54) is 13.2 Å². The number of rotatable bonds is 8. The summed E-state index contributed by atoms with van der Waals surface area (Å²) in [7, 11) is -2.34. The number of sulfonamides is 1. The third-order valence-corrected chi connectivity index (χ3v) is 9.30. The number of carbonyl (C=O) groups excluding carboxylic acids is 1. The zero-order valence-corrected chi connectivity index (χ0v) is 20.9. The largest absolute Gasteiger partial charge is 0.495 e. The van der Waals surface area contributed by atoms with Crippen molar-refractivity contribution in [2.75, 3.05) is 26.8 Å². The quantitative estimate of drug-likeness (QED) is 0.554. The minimum atomic E-state index is -3.79. The van der Waals surface area contributed by atoms with Crippen molar-refractivity contribution in [1.29, 1.82) is 0 Å². The van der Waals surface area contributed by atoms with Gasteiger partial charge < -0.3 is 14.4 Å². The van der Waals surface area contributed by atoms with Gasteiger partial charge in [-0.25, -0.2) is 8.42 Å². The van der Waals surface area contributed by atoms with Crippen molar-refractivity contribution in [3.05, 3.63) is 46.2 Å². The van der Waals surface area contributed by atoms with E-state index < -0.39 is 10.0 Å². The Balaban J connectivity index is 1.65. The van der Waals surface area contributed by atoms with Gasteiger partial charge >= 0.3 is 0 Å². The van der Waals surface area contributed by atoms with E-state index in [-0.39, 0.29) is 28.7 Å². The summed E-state index contributed by atoms with van der Waals surface area (Å²) in [5, 5.41) is 1.99. The molecule has 0 spiro atoms. The van der Waals surface area contributed by atoms with Crippen molar-refractivity contribution in [1.82, 2.24) is 9.21 Å². The summed E-state index contributed by atoms with van der Waals surface area (Å²) in [6.45, 7) is 4.07. The van der Waals surface area contributed by atoms with Crippen LogP contribution in [-0.2, 0) is 21.3 Å². The molecule has 3 heterocycles. The molecule has 2 aliphatic rings. The van der Waals surface area contributed by atoms with Crippen LogP contribution in [0.3, 0.4) is 0 Å². The second-order valence-electron chi connectivity index (χ2n) is 8.73. The number of carbonyl (C=O) groups is 1. The number of nitrogens with zero attached hydrogens (tertiary/aromatic N) is 2. The van der Waals surface area contributed by atoms with Gasteiger partial charge in [0.1, 0.15) is 10.6 Å². The molecule has 180 valence electrons. The van der Waals surface area contributed by atoms with E-state index in [0.717, 1.165) is 37.0 Å². The van der Waals surface area contributed by atoms with Gasteiger partial charge in [0.05, 0.1) is 19.8 Å². The molecule has 2 saturated heterocycles. The van der Waals surface area contributed by atoms with Crippen LogP contribution >= 0.6 is 11.3 Å². The fraction of sp³-hybridized carbons (Fsp3) is 0.542. The van der Waals surface area contributed by atoms with E-state index in [1.54, 1.807) is 32.7 Å². The summed E-state index contributed by atoms with van der Waals surface area (Å²) in [5.74, 6) is 0.0537. The lowest BCUT2D eigenvalue weighted by Gasteiger charge is -2.32. The van der Waals surface area contributed by atoms with Crippen LogP contribution in [0.1, 0.15) is 54.3 Å². The first-order chi connectivity index (χ1) is 15.9. The molecule has 2 fully saturated rings. The summed E-state index contributed by atoms with van der Waals surface area (Å²) < 4.78 is 39.8. The molecule has 7 nitrogen and oxygen atoms in total. The first-order valence-electron chi connectivity index (χ1n) is 11.5. The number of hydrogen-bond donors (Lipinski definition) is 0. The topological polar surface area (TPSA) is 76.1 Å². The minimum absolute atomic E-state index is 0.00423. The Hall–Kier alpha value is -1.94. The Kier molecular flexibility index (Phi) is 7.73. The van der Waals surface area contributed by atoms with Crippen molar-refractivity contribution in [3.8, 4) is 5.75 Å². The minimum Gasteiger partial charge on any atom is -0.495 e. The number of amides is 1. The first-order valence-corrected chi connectivity index (χ1v) is 13.8. The van der Waals surface area contributed by atoms with E-state index in [9.17, 15) is 13.2 Å². The van der Waals surface area contributed by atoms with Gasteiger partial charge in [-0.3, -0.25) is 4.79 Å². The van der Waals surface area contributed by atoms with Crippen molar-refractivity contribution < 1.29 is 22.7 Å². The Morgan fingerprint density at radius 2 is 2.09 bits per heavy atom. The molecule has 9 heteroatoms. The van der Waals surface area contributed by atoms with Gasteiger partial charge in [-0.1, -0.05) is 12.5 Å². The lowest BCUT2D eigenvalue weighted by Crippen LogP contribution is -2.42. The van der Waals surface area contributed by atoms with E-state index in [2.05, 4.69) is 0 Å². The maximum absolute atomic E-state index is 13.6. The van der Waals surface area contributed by atoms with Crippen LogP contribution in [0, 0.1) is 0 Å². The highest BCUT2D eigenvalue weighted by Gasteiger charge is 2.34. The number of thiophene rings is 1. The molecule has 4 rings (SSSR count). The molecule has 0 radical (unpaired) electrons. The predicted molar refractivity (Wildman–Crippen MR) is 128 cm³/mol.